The van der Waals surface area contributed by atoms with Crippen molar-refractivity contribution in [3.05, 3.63) is 79.1 Å². The second-order valence-electron chi connectivity index (χ2n) is 6.86. The lowest BCUT2D eigenvalue weighted by molar-refractivity contribution is 0.415. The van der Waals surface area contributed by atoms with Crippen LogP contribution in [0.15, 0.2) is 73.6 Å². The molecule has 0 amide bonds. The zero-order chi connectivity index (χ0) is 19.3. The summed E-state index contributed by atoms with van der Waals surface area (Å²) in [5, 5.41) is 0. The predicted octanol–water partition coefficient (Wildman–Crippen LogP) is 4.82. The summed E-state index contributed by atoms with van der Waals surface area (Å²) in [5.74, 6) is 0.869. The van der Waals surface area contributed by atoms with Crippen LogP contribution in [0.25, 0.3) is 22.5 Å². The molecule has 5 heteroatoms. The van der Waals surface area contributed by atoms with E-state index in [1.807, 2.05) is 43.2 Å². The van der Waals surface area contributed by atoms with Gasteiger partial charge in [0.25, 0.3) is 0 Å². The van der Waals surface area contributed by atoms with Crippen LogP contribution in [0.2, 0.25) is 0 Å². The molecule has 2 heterocycles. The van der Waals surface area contributed by atoms with Gasteiger partial charge < -0.3 is 13.9 Å². The van der Waals surface area contributed by atoms with Crippen LogP contribution in [0.1, 0.15) is 12.0 Å². The van der Waals surface area contributed by atoms with Crippen LogP contribution in [-0.4, -0.2) is 26.2 Å². The number of ether oxygens (including phenoxy) is 1. The highest BCUT2D eigenvalue weighted by atomic mass is 16.5. The summed E-state index contributed by atoms with van der Waals surface area (Å²) in [5.41, 5.74) is 5.41. The number of nitrogens with zero attached hydrogens (tertiary/aromatic N) is 4. The molecule has 4 aromatic rings. The molecule has 0 saturated carbocycles. The Morgan fingerprint density at radius 2 is 1.86 bits per heavy atom. The minimum absolute atomic E-state index is 0.865. The molecule has 0 atom stereocenters. The van der Waals surface area contributed by atoms with E-state index in [-0.39, 0.29) is 0 Å². The summed E-state index contributed by atoms with van der Waals surface area (Å²) in [7, 11) is 1.72. The molecule has 0 aliphatic rings. The maximum Gasteiger partial charge on any atom is 0.128 e. The predicted molar refractivity (Wildman–Crippen MR) is 111 cm³/mol. The van der Waals surface area contributed by atoms with Crippen LogP contribution in [0.3, 0.4) is 0 Å². The van der Waals surface area contributed by atoms with Crippen molar-refractivity contribution in [3.63, 3.8) is 0 Å². The van der Waals surface area contributed by atoms with E-state index in [0.29, 0.717) is 0 Å². The van der Waals surface area contributed by atoms with Crippen molar-refractivity contribution in [2.24, 2.45) is 0 Å². The Bertz CT molecular complexity index is 1040. The zero-order valence-corrected chi connectivity index (χ0v) is 16.2. The average molecular weight is 372 g/mol. The van der Waals surface area contributed by atoms with Crippen molar-refractivity contribution in [2.45, 2.75) is 26.4 Å². The lowest BCUT2D eigenvalue weighted by atomic mass is 10.0. The molecule has 0 radical (unpaired) electrons. The first kappa shape index (κ1) is 18.0. The standard InChI is InChI=1S/C23H24N4O/c1-18-9-10-20(21(15-18)28-2)23-22(19-7-4-3-5-8-19)25-17-27(23)13-6-12-26-14-11-24-16-26/h3-5,7-11,14-17H,6,12-13H2,1-2H3. The van der Waals surface area contributed by atoms with Crippen LogP contribution in [-0.2, 0) is 13.1 Å². The van der Waals surface area contributed by atoms with Gasteiger partial charge in [-0.15, -0.1) is 0 Å². The van der Waals surface area contributed by atoms with Gasteiger partial charge in [-0.25, -0.2) is 9.97 Å². The quantitative estimate of drug-likeness (QED) is 0.467. The van der Waals surface area contributed by atoms with Gasteiger partial charge in [-0.3, -0.25) is 0 Å². The smallest absolute Gasteiger partial charge is 0.128 e. The molecule has 2 aromatic carbocycles. The van der Waals surface area contributed by atoms with Gasteiger partial charge in [-0.2, -0.15) is 0 Å². The number of hydrogen-bond donors (Lipinski definition) is 0. The molecule has 5 nitrogen and oxygen atoms in total. The number of aromatic nitrogens is 4. The first-order valence-corrected chi connectivity index (χ1v) is 9.47. The van der Waals surface area contributed by atoms with Crippen molar-refractivity contribution < 1.29 is 4.74 Å². The highest BCUT2D eigenvalue weighted by Crippen LogP contribution is 2.37. The molecule has 4 rings (SSSR count). The number of imidazole rings is 2. The van der Waals surface area contributed by atoms with E-state index in [1.165, 1.54) is 5.56 Å². The van der Waals surface area contributed by atoms with Crippen LogP contribution in [0.5, 0.6) is 5.75 Å². The number of hydrogen-bond acceptors (Lipinski definition) is 3. The molecule has 0 unspecified atom stereocenters. The van der Waals surface area contributed by atoms with Gasteiger partial charge in [0.05, 0.1) is 31.2 Å². The number of benzene rings is 2. The van der Waals surface area contributed by atoms with E-state index in [2.05, 4.69) is 51.4 Å². The van der Waals surface area contributed by atoms with Gasteiger partial charge in [0.2, 0.25) is 0 Å². The van der Waals surface area contributed by atoms with Crippen molar-refractivity contribution in [1.29, 1.82) is 0 Å². The van der Waals surface area contributed by atoms with Gasteiger partial charge in [-0.05, 0) is 31.0 Å². The van der Waals surface area contributed by atoms with Crippen molar-refractivity contribution in [2.75, 3.05) is 7.11 Å². The topological polar surface area (TPSA) is 44.9 Å². The Morgan fingerprint density at radius 1 is 1.00 bits per heavy atom. The summed E-state index contributed by atoms with van der Waals surface area (Å²) >= 11 is 0. The second-order valence-corrected chi connectivity index (χ2v) is 6.86. The number of aryl methyl sites for hydroxylation is 3. The Hall–Kier alpha value is -3.34. The minimum Gasteiger partial charge on any atom is -0.496 e. The monoisotopic (exact) mass is 372 g/mol. The maximum absolute atomic E-state index is 5.71. The fourth-order valence-corrected chi connectivity index (χ4v) is 3.48. The van der Waals surface area contributed by atoms with Gasteiger partial charge >= 0.3 is 0 Å². The molecule has 2 aromatic heterocycles. The summed E-state index contributed by atoms with van der Waals surface area (Å²) in [6.07, 6.45) is 8.58. The van der Waals surface area contributed by atoms with Crippen LogP contribution in [0, 0.1) is 6.92 Å². The Labute approximate surface area is 165 Å². The third-order valence-corrected chi connectivity index (χ3v) is 4.87. The van der Waals surface area contributed by atoms with E-state index < -0.39 is 0 Å². The van der Waals surface area contributed by atoms with Crippen LogP contribution in [0.4, 0.5) is 0 Å². The van der Waals surface area contributed by atoms with Crippen molar-refractivity contribution in [3.8, 4) is 28.3 Å². The number of methoxy groups -OCH3 is 1. The second kappa shape index (κ2) is 8.13. The van der Waals surface area contributed by atoms with Gasteiger partial charge in [0.15, 0.2) is 0 Å². The third-order valence-electron chi connectivity index (χ3n) is 4.87. The molecular weight excluding hydrogens is 348 g/mol. The summed E-state index contributed by atoms with van der Waals surface area (Å²) < 4.78 is 10.0. The van der Waals surface area contributed by atoms with E-state index in [9.17, 15) is 0 Å². The average Bonchev–Trinajstić information content (AvgIpc) is 3.39. The van der Waals surface area contributed by atoms with E-state index >= 15 is 0 Å². The minimum atomic E-state index is 0.865. The first-order valence-electron chi connectivity index (χ1n) is 9.47. The van der Waals surface area contributed by atoms with Gasteiger partial charge in [0, 0.05) is 36.6 Å². The molecule has 0 N–H and O–H groups in total. The molecule has 0 saturated heterocycles. The van der Waals surface area contributed by atoms with Crippen molar-refractivity contribution in [1.82, 2.24) is 19.1 Å². The van der Waals surface area contributed by atoms with Crippen molar-refractivity contribution >= 4 is 0 Å². The SMILES string of the molecule is COc1cc(C)ccc1-c1c(-c2ccccc2)ncn1CCCn1ccnc1. The first-order chi connectivity index (χ1) is 13.8. The number of rotatable bonds is 7. The van der Waals surface area contributed by atoms with Crippen LogP contribution < -0.4 is 4.74 Å². The molecule has 142 valence electrons. The molecular formula is C23H24N4O. The van der Waals surface area contributed by atoms with E-state index in [1.54, 1.807) is 7.11 Å². The largest absolute Gasteiger partial charge is 0.496 e. The Morgan fingerprint density at radius 3 is 2.61 bits per heavy atom. The highest BCUT2D eigenvalue weighted by Gasteiger charge is 2.18. The van der Waals surface area contributed by atoms with E-state index in [0.717, 1.165) is 47.8 Å². The molecule has 0 bridgehead atoms. The molecule has 0 aliphatic heterocycles. The molecule has 0 fully saturated rings. The zero-order valence-electron chi connectivity index (χ0n) is 16.2. The normalized spacial score (nSPS) is 10.9. The lowest BCUT2D eigenvalue weighted by Crippen LogP contribution is -2.04. The fourth-order valence-electron chi connectivity index (χ4n) is 3.48. The van der Waals surface area contributed by atoms with Crippen LogP contribution >= 0.6 is 0 Å². The van der Waals surface area contributed by atoms with E-state index in [4.69, 9.17) is 9.72 Å². The Balaban J connectivity index is 1.73. The molecule has 0 aliphatic carbocycles. The molecule has 28 heavy (non-hydrogen) atoms. The summed E-state index contributed by atoms with van der Waals surface area (Å²) in [6, 6.07) is 16.6. The van der Waals surface area contributed by atoms with Gasteiger partial charge in [0.1, 0.15) is 5.75 Å². The Kier molecular flexibility index (Phi) is 5.24. The van der Waals surface area contributed by atoms with Gasteiger partial charge in [-0.1, -0.05) is 36.4 Å². The molecule has 0 spiro atoms. The maximum atomic E-state index is 5.71. The highest BCUT2D eigenvalue weighted by molar-refractivity contribution is 5.82. The third kappa shape index (κ3) is 3.69. The summed E-state index contributed by atoms with van der Waals surface area (Å²) in [4.78, 5) is 8.88. The fraction of sp³-hybridized carbons (Fsp3) is 0.217. The summed E-state index contributed by atoms with van der Waals surface area (Å²) in [6.45, 7) is 3.86. The lowest BCUT2D eigenvalue weighted by Gasteiger charge is -2.14.